The number of rotatable bonds is 20. The molecule has 35 heavy (non-hydrogen) atoms. The Morgan fingerprint density at radius 3 is 1.57 bits per heavy atom. The number of unbranched alkanes of at least 4 members (excludes halogenated alkanes) is 13. The van der Waals surface area contributed by atoms with Gasteiger partial charge in [-0.15, -0.1) is 0 Å². The Balaban J connectivity index is 2.19. The first-order chi connectivity index (χ1) is 16.4. The second kappa shape index (κ2) is 16.6. The fourth-order valence-electron chi connectivity index (χ4n) is 6.09. The van der Waals surface area contributed by atoms with Gasteiger partial charge in [-0.25, -0.2) is 0 Å². The van der Waals surface area contributed by atoms with Gasteiger partial charge in [0.1, 0.15) is 0 Å². The molecular formula is C31H63NO3. The molecule has 1 heterocycles. The molecule has 0 bridgehead atoms. The van der Waals surface area contributed by atoms with Crippen molar-refractivity contribution in [3.05, 3.63) is 0 Å². The molecule has 210 valence electrons. The summed E-state index contributed by atoms with van der Waals surface area (Å²) in [5, 5.41) is 12.1. The molecule has 0 spiro atoms. The van der Waals surface area contributed by atoms with Crippen molar-refractivity contribution in [2.75, 3.05) is 6.61 Å². The van der Waals surface area contributed by atoms with Crippen molar-refractivity contribution < 1.29 is 14.7 Å². The molecule has 1 aliphatic rings. The van der Waals surface area contributed by atoms with Gasteiger partial charge in [0.05, 0.1) is 12.2 Å². The number of ether oxygens (including phenoxy) is 1. The zero-order valence-electron chi connectivity index (χ0n) is 25.1. The minimum Gasteiger partial charge on any atom is -0.388 e. The first-order valence-electron chi connectivity index (χ1n) is 15.2. The molecule has 1 fully saturated rings. The van der Waals surface area contributed by atoms with Gasteiger partial charge in [-0.3, -0.25) is 4.84 Å². The molecule has 1 unspecified atom stereocenters. The first-order valence-corrected chi connectivity index (χ1v) is 15.2. The van der Waals surface area contributed by atoms with E-state index in [0.29, 0.717) is 0 Å². The van der Waals surface area contributed by atoms with E-state index in [2.05, 4.69) is 39.7 Å². The molecule has 4 nitrogen and oxygen atoms in total. The zero-order chi connectivity index (χ0) is 26.4. The molecule has 1 aliphatic heterocycles. The van der Waals surface area contributed by atoms with Gasteiger partial charge < -0.3 is 9.84 Å². The maximum Gasteiger partial charge on any atom is 0.174 e. The van der Waals surface area contributed by atoms with E-state index < -0.39 is 5.60 Å². The third kappa shape index (κ3) is 15.0. The van der Waals surface area contributed by atoms with Crippen LogP contribution in [0.3, 0.4) is 0 Å². The van der Waals surface area contributed by atoms with E-state index in [1.807, 2.05) is 6.92 Å². The Morgan fingerprint density at radius 2 is 1.17 bits per heavy atom. The van der Waals surface area contributed by atoms with Gasteiger partial charge in [0, 0.05) is 11.1 Å². The molecule has 0 radical (unpaired) electrons. The minimum absolute atomic E-state index is 0.0330. The number of piperidine rings is 1. The van der Waals surface area contributed by atoms with Gasteiger partial charge in [-0.2, -0.15) is 5.06 Å². The van der Waals surface area contributed by atoms with Crippen molar-refractivity contribution in [3.8, 4) is 0 Å². The molecule has 0 amide bonds. The highest BCUT2D eigenvalue weighted by Crippen LogP contribution is 2.43. The molecule has 0 saturated carbocycles. The maximum atomic E-state index is 9.94. The SMILES string of the molecule is CCCCCCCCCCCCCCCCC1CC(C)(C)N(OC(C)OCC(C)(C)O)C(C)(C)C1. The predicted molar refractivity (Wildman–Crippen MR) is 150 cm³/mol. The average molecular weight is 498 g/mol. The summed E-state index contributed by atoms with van der Waals surface area (Å²) in [6.07, 6.45) is 23.2. The fourth-order valence-corrected chi connectivity index (χ4v) is 6.09. The standard InChI is InChI=1S/C31H63NO3/c1-9-10-11-12-13-14-15-16-17-18-19-20-21-22-23-28-24-29(3,4)32(30(5,6)25-28)35-27(2)34-26-31(7,8)33/h27-28,33H,9-26H2,1-8H3. The van der Waals surface area contributed by atoms with Gasteiger partial charge in [0.15, 0.2) is 6.29 Å². The lowest BCUT2D eigenvalue weighted by Crippen LogP contribution is -2.61. The molecule has 1 atom stereocenters. The van der Waals surface area contributed by atoms with Gasteiger partial charge >= 0.3 is 0 Å². The molecule has 1 N–H and O–H groups in total. The molecule has 0 aromatic heterocycles. The molecule has 1 saturated heterocycles. The lowest BCUT2D eigenvalue weighted by Gasteiger charge is -2.54. The highest BCUT2D eigenvalue weighted by molar-refractivity contribution is 4.96. The largest absolute Gasteiger partial charge is 0.388 e. The lowest BCUT2D eigenvalue weighted by atomic mass is 9.73. The summed E-state index contributed by atoms with van der Waals surface area (Å²) < 4.78 is 5.77. The zero-order valence-corrected chi connectivity index (χ0v) is 25.1. The van der Waals surface area contributed by atoms with Crippen LogP contribution in [0.25, 0.3) is 0 Å². The first kappa shape index (κ1) is 32.9. The van der Waals surface area contributed by atoms with Gasteiger partial charge in [0.25, 0.3) is 0 Å². The van der Waals surface area contributed by atoms with Crippen LogP contribution in [0, 0.1) is 5.92 Å². The monoisotopic (exact) mass is 497 g/mol. The van der Waals surface area contributed by atoms with E-state index >= 15 is 0 Å². The quantitative estimate of drug-likeness (QED) is 0.134. The number of aliphatic hydroxyl groups is 1. The van der Waals surface area contributed by atoms with E-state index in [-0.39, 0.29) is 24.0 Å². The summed E-state index contributed by atoms with van der Waals surface area (Å²) in [6, 6.07) is 0. The molecular weight excluding hydrogens is 434 g/mol. The van der Waals surface area contributed by atoms with Crippen LogP contribution in [0.4, 0.5) is 0 Å². The fraction of sp³-hybridized carbons (Fsp3) is 1.00. The van der Waals surface area contributed by atoms with Crippen molar-refractivity contribution >= 4 is 0 Å². The number of hydrogen-bond donors (Lipinski definition) is 1. The van der Waals surface area contributed by atoms with Crippen molar-refractivity contribution in [2.45, 2.75) is 188 Å². The average Bonchev–Trinajstić information content (AvgIpc) is 2.74. The van der Waals surface area contributed by atoms with Crippen molar-refractivity contribution in [1.29, 1.82) is 0 Å². The van der Waals surface area contributed by atoms with E-state index in [0.717, 1.165) is 18.8 Å². The van der Waals surface area contributed by atoms with E-state index in [1.165, 1.54) is 96.3 Å². The highest BCUT2D eigenvalue weighted by Gasteiger charge is 2.47. The molecule has 1 rings (SSSR count). The summed E-state index contributed by atoms with van der Waals surface area (Å²) in [5.74, 6) is 0.754. The van der Waals surface area contributed by atoms with Crippen LogP contribution in [0.1, 0.15) is 165 Å². The number of hydrogen-bond acceptors (Lipinski definition) is 4. The topological polar surface area (TPSA) is 41.9 Å². The minimum atomic E-state index is -0.844. The van der Waals surface area contributed by atoms with Crippen LogP contribution in [0.15, 0.2) is 0 Å². The molecule has 4 heteroatoms. The molecule has 0 aromatic rings. The van der Waals surface area contributed by atoms with Crippen LogP contribution < -0.4 is 0 Å². The van der Waals surface area contributed by atoms with Crippen LogP contribution in [0.2, 0.25) is 0 Å². The maximum absolute atomic E-state index is 9.94. The summed E-state index contributed by atoms with van der Waals surface area (Å²) in [7, 11) is 0. The Hall–Kier alpha value is -0.160. The Bertz CT molecular complexity index is 508. The predicted octanol–water partition coefficient (Wildman–Crippen LogP) is 9.19. The third-order valence-corrected chi connectivity index (χ3v) is 7.57. The van der Waals surface area contributed by atoms with Crippen molar-refractivity contribution in [3.63, 3.8) is 0 Å². The van der Waals surface area contributed by atoms with Crippen LogP contribution in [0.5, 0.6) is 0 Å². The van der Waals surface area contributed by atoms with Gasteiger partial charge in [-0.1, -0.05) is 103 Å². The number of nitrogens with zero attached hydrogens (tertiary/aromatic N) is 1. The number of hydroxylamine groups is 2. The van der Waals surface area contributed by atoms with Crippen LogP contribution in [-0.2, 0) is 9.57 Å². The van der Waals surface area contributed by atoms with Crippen molar-refractivity contribution in [1.82, 2.24) is 5.06 Å². The van der Waals surface area contributed by atoms with E-state index in [9.17, 15) is 5.11 Å². The second-order valence-corrected chi connectivity index (χ2v) is 13.4. The molecule has 0 aromatic carbocycles. The Morgan fingerprint density at radius 1 is 0.771 bits per heavy atom. The van der Waals surface area contributed by atoms with Gasteiger partial charge in [0.2, 0.25) is 0 Å². The lowest BCUT2D eigenvalue weighted by molar-refractivity contribution is -0.356. The second-order valence-electron chi connectivity index (χ2n) is 13.4. The smallest absolute Gasteiger partial charge is 0.174 e. The van der Waals surface area contributed by atoms with E-state index in [1.54, 1.807) is 13.8 Å². The van der Waals surface area contributed by atoms with Crippen LogP contribution in [-0.4, -0.2) is 39.7 Å². The summed E-state index contributed by atoms with van der Waals surface area (Å²) in [5.41, 5.74) is -0.910. The van der Waals surface area contributed by atoms with Crippen molar-refractivity contribution in [2.24, 2.45) is 5.92 Å². The van der Waals surface area contributed by atoms with E-state index in [4.69, 9.17) is 9.57 Å². The normalized spacial score (nSPS) is 19.8. The summed E-state index contributed by atoms with van der Waals surface area (Å²) >= 11 is 0. The Kier molecular flexibility index (Phi) is 15.6. The Labute approximate surface area is 219 Å². The highest BCUT2D eigenvalue weighted by atomic mass is 16.8. The summed E-state index contributed by atoms with van der Waals surface area (Å²) in [4.78, 5) is 6.29. The molecule has 0 aliphatic carbocycles. The summed E-state index contributed by atoms with van der Waals surface area (Å²) in [6.45, 7) is 17.2. The third-order valence-electron chi connectivity index (χ3n) is 7.57. The van der Waals surface area contributed by atoms with Gasteiger partial charge in [-0.05, 0) is 67.2 Å². The van der Waals surface area contributed by atoms with Crippen LogP contribution >= 0.6 is 0 Å².